The number of ether oxygens (including phenoxy) is 2. The van der Waals surface area contributed by atoms with E-state index in [1.54, 1.807) is 48.5 Å². The molecule has 2 heterocycles. The van der Waals surface area contributed by atoms with E-state index in [2.05, 4.69) is 5.32 Å². The van der Waals surface area contributed by atoms with Crippen molar-refractivity contribution in [3.63, 3.8) is 0 Å². The Morgan fingerprint density at radius 3 is 2.39 bits per heavy atom. The van der Waals surface area contributed by atoms with Gasteiger partial charge in [-0.15, -0.1) is 11.3 Å². The maximum atomic E-state index is 13.7. The number of fused-ring (bicyclic) bond motifs is 3. The van der Waals surface area contributed by atoms with E-state index in [1.165, 1.54) is 23.0 Å². The molecule has 9 nitrogen and oxygen atoms in total. The molecule has 0 radical (unpaired) electrons. The predicted octanol–water partition coefficient (Wildman–Crippen LogP) is 3.92. The van der Waals surface area contributed by atoms with Crippen molar-refractivity contribution in [3.05, 3.63) is 85.4 Å². The van der Waals surface area contributed by atoms with Crippen molar-refractivity contribution in [2.24, 2.45) is 0 Å². The number of benzene rings is 2. The molecule has 1 aliphatic carbocycles. The highest BCUT2D eigenvalue weighted by molar-refractivity contribution is 7.18. The van der Waals surface area contributed by atoms with E-state index in [0.29, 0.717) is 39.5 Å². The summed E-state index contributed by atoms with van der Waals surface area (Å²) in [6.07, 6.45) is 3.62. The molecular weight excluding hydrogens is 506 g/mol. The normalized spacial score (nSPS) is 12.7. The minimum Gasteiger partial charge on any atom is -0.494 e. The molecule has 2 aromatic heterocycles. The number of methoxy groups -OCH3 is 1. The van der Waals surface area contributed by atoms with Gasteiger partial charge in [0, 0.05) is 10.6 Å². The van der Waals surface area contributed by atoms with E-state index in [9.17, 15) is 19.2 Å². The van der Waals surface area contributed by atoms with Gasteiger partial charge in [0.15, 0.2) is 0 Å². The summed E-state index contributed by atoms with van der Waals surface area (Å²) in [6.45, 7) is 2.10. The Hall–Kier alpha value is -4.18. The first-order valence-electron chi connectivity index (χ1n) is 12.4. The quantitative estimate of drug-likeness (QED) is 0.361. The predicted molar refractivity (Wildman–Crippen MR) is 146 cm³/mol. The highest BCUT2D eigenvalue weighted by atomic mass is 32.1. The maximum Gasteiger partial charge on any atom is 0.337 e. The number of rotatable bonds is 7. The number of nitrogens with zero attached hydrogens (tertiary/aromatic N) is 2. The van der Waals surface area contributed by atoms with Crippen LogP contribution in [0.15, 0.2) is 58.1 Å². The number of aromatic nitrogens is 2. The molecular formula is C28H27N3O6S. The van der Waals surface area contributed by atoms with E-state index in [4.69, 9.17) is 9.47 Å². The summed E-state index contributed by atoms with van der Waals surface area (Å²) in [5.74, 6) is -0.270. The third kappa shape index (κ3) is 4.74. The minimum absolute atomic E-state index is 0.273. The third-order valence-electron chi connectivity index (χ3n) is 6.53. The van der Waals surface area contributed by atoms with Gasteiger partial charge in [0.2, 0.25) is 5.91 Å². The topological polar surface area (TPSA) is 109 Å². The summed E-state index contributed by atoms with van der Waals surface area (Å²) >= 11 is 1.42. The van der Waals surface area contributed by atoms with Crippen LogP contribution in [0.4, 0.5) is 5.69 Å². The molecule has 0 aliphatic heterocycles. The lowest BCUT2D eigenvalue weighted by atomic mass is 9.97. The van der Waals surface area contributed by atoms with Gasteiger partial charge in [-0.1, -0.05) is 0 Å². The fourth-order valence-electron chi connectivity index (χ4n) is 4.75. The number of hydrogen-bond acceptors (Lipinski definition) is 7. The van der Waals surface area contributed by atoms with Crippen LogP contribution < -0.4 is 21.3 Å². The van der Waals surface area contributed by atoms with Crippen molar-refractivity contribution in [2.75, 3.05) is 19.0 Å². The standard InChI is InChI=1S/C28H27N3O6S/c1-3-37-20-14-12-19(13-15-20)31-25(33)24-21-6-4-5-7-22(21)38-26(24)30(28(31)35)16-23(32)29-18-10-8-17(9-11-18)27(34)36-2/h8-15H,3-7,16H2,1-2H3,(H,29,32). The Morgan fingerprint density at radius 1 is 1.00 bits per heavy atom. The average molecular weight is 534 g/mol. The first-order chi connectivity index (χ1) is 18.4. The zero-order valence-corrected chi connectivity index (χ0v) is 21.9. The SMILES string of the molecule is CCOc1ccc(-n2c(=O)c3c4c(sc3n(CC(=O)Nc3ccc(C(=O)OC)cc3)c2=O)CCCC4)cc1. The van der Waals surface area contributed by atoms with Crippen LogP contribution in [-0.2, 0) is 28.9 Å². The highest BCUT2D eigenvalue weighted by Crippen LogP contribution is 2.34. The summed E-state index contributed by atoms with van der Waals surface area (Å²) in [6, 6.07) is 13.0. The van der Waals surface area contributed by atoms with Crippen LogP contribution in [0.1, 0.15) is 40.6 Å². The summed E-state index contributed by atoms with van der Waals surface area (Å²) < 4.78 is 12.7. The molecule has 1 amide bonds. The monoisotopic (exact) mass is 533 g/mol. The van der Waals surface area contributed by atoms with Gasteiger partial charge in [-0.2, -0.15) is 0 Å². The van der Waals surface area contributed by atoms with Gasteiger partial charge < -0.3 is 14.8 Å². The van der Waals surface area contributed by atoms with Crippen molar-refractivity contribution in [2.45, 2.75) is 39.2 Å². The van der Waals surface area contributed by atoms with Crippen LogP contribution in [-0.4, -0.2) is 34.7 Å². The Balaban J connectivity index is 1.56. The molecule has 0 fully saturated rings. The Kier molecular flexibility index (Phi) is 7.15. The van der Waals surface area contributed by atoms with Crippen molar-refractivity contribution in [1.82, 2.24) is 9.13 Å². The Bertz CT molecular complexity index is 1630. The molecule has 0 unspecified atom stereocenters. The van der Waals surface area contributed by atoms with Crippen LogP contribution in [0, 0.1) is 0 Å². The van der Waals surface area contributed by atoms with Gasteiger partial charge in [0.05, 0.1) is 30.4 Å². The second kappa shape index (κ2) is 10.7. The minimum atomic E-state index is -0.582. The molecule has 0 saturated heterocycles. The van der Waals surface area contributed by atoms with Gasteiger partial charge in [-0.3, -0.25) is 14.2 Å². The van der Waals surface area contributed by atoms with Gasteiger partial charge in [0.25, 0.3) is 5.56 Å². The second-order valence-corrected chi connectivity index (χ2v) is 10.0. The van der Waals surface area contributed by atoms with Crippen LogP contribution in [0.2, 0.25) is 0 Å². The number of anilines is 1. The van der Waals surface area contributed by atoms with Crippen molar-refractivity contribution in [1.29, 1.82) is 0 Å². The molecule has 1 N–H and O–H groups in total. The lowest BCUT2D eigenvalue weighted by molar-refractivity contribution is -0.116. The molecule has 0 saturated carbocycles. The number of carbonyl (C=O) groups is 2. The summed E-state index contributed by atoms with van der Waals surface area (Å²) in [5, 5.41) is 3.28. The number of hydrogen-bond donors (Lipinski definition) is 1. The zero-order valence-electron chi connectivity index (χ0n) is 21.1. The van der Waals surface area contributed by atoms with Crippen molar-refractivity contribution < 1.29 is 19.1 Å². The lowest BCUT2D eigenvalue weighted by Gasteiger charge is -2.14. The first kappa shape index (κ1) is 25.5. The summed E-state index contributed by atoms with van der Waals surface area (Å²) in [4.78, 5) is 53.8. The number of carbonyl (C=O) groups excluding carboxylic acids is 2. The smallest absolute Gasteiger partial charge is 0.337 e. The number of thiophene rings is 1. The average Bonchev–Trinajstić information content (AvgIpc) is 3.32. The molecule has 0 atom stereocenters. The van der Waals surface area contributed by atoms with Gasteiger partial charge >= 0.3 is 11.7 Å². The van der Waals surface area contributed by atoms with Crippen LogP contribution in [0.3, 0.4) is 0 Å². The summed E-state index contributed by atoms with van der Waals surface area (Å²) in [5.41, 5.74) is 1.26. The molecule has 4 aromatic rings. The highest BCUT2D eigenvalue weighted by Gasteiger charge is 2.25. The largest absolute Gasteiger partial charge is 0.494 e. The van der Waals surface area contributed by atoms with E-state index < -0.39 is 17.6 Å². The van der Waals surface area contributed by atoms with Crippen LogP contribution in [0.5, 0.6) is 5.75 Å². The molecule has 0 bridgehead atoms. The fraction of sp³-hybridized carbons (Fsp3) is 0.286. The number of esters is 1. The zero-order chi connectivity index (χ0) is 26.8. The van der Waals surface area contributed by atoms with Crippen molar-refractivity contribution in [3.8, 4) is 11.4 Å². The fourth-order valence-corrected chi connectivity index (χ4v) is 6.12. The molecule has 2 aromatic carbocycles. The van der Waals surface area contributed by atoms with E-state index in [1.807, 2.05) is 6.92 Å². The number of nitrogens with one attached hydrogen (secondary N) is 1. The van der Waals surface area contributed by atoms with Crippen molar-refractivity contribution >= 4 is 39.1 Å². The lowest BCUT2D eigenvalue weighted by Crippen LogP contribution is -2.40. The molecule has 10 heteroatoms. The molecule has 196 valence electrons. The van der Waals surface area contributed by atoms with E-state index in [-0.39, 0.29) is 12.1 Å². The number of amides is 1. The van der Waals surface area contributed by atoms with Gasteiger partial charge in [-0.25, -0.2) is 14.2 Å². The molecule has 0 spiro atoms. The third-order valence-corrected chi connectivity index (χ3v) is 7.85. The molecule has 1 aliphatic rings. The molecule has 38 heavy (non-hydrogen) atoms. The maximum absolute atomic E-state index is 13.7. The Morgan fingerprint density at radius 2 is 1.71 bits per heavy atom. The van der Waals surface area contributed by atoms with Crippen LogP contribution in [0.25, 0.3) is 15.9 Å². The number of aryl methyl sites for hydroxylation is 2. The van der Waals surface area contributed by atoms with E-state index >= 15 is 0 Å². The van der Waals surface area contributed by atoms with Gasteiger partial charge in [0.1, 0.15) is 17.1 Å². The molecule has 5 rings (SSSR count). The van der Waals surface area contributed by atoms with E-state index in [0.717, 1.165) is 40.7 Å². The summed E-state index contributed by atoms with van der Waals surface area (Å²) in [7, 11) is 1.30. The van der Waals surface area contributed by atoms with Gasteiger partial charge in [-0.05, 0) is 86.7 Å². The van der Waals surface area contributed by atoms with Crippen LogP contribution >= 0.6 is 11.3 Å². The Labute approximate surface area is 222 Å². The first-order valence-corrected chi connectivity index (χ1v) is 13.2. The second-order valence-electron chi connectivity index (χ2n) is 8.94.